The van der Waals surface area contributed by atoms with E-state index in [0.29, 0.717) is 31.1 Å². The zero-order valence-electron chi connectivity index (χ0n) is 13.0. The maximum atomic E-state index is 6.19. The second kappa shape index (κ2) is 7.19. The fraction of sp³-hybridized carbons (Fsp3) is 0.706. The molecule has 0 amide bonds. The Bertz CT molecular complexity index is 402. The Morgan fingerprint density at radius 1 is 1.35 bits per heavy atom. The van der Waals surface area contributed by atoms with Crippen molar-refractivity contribution >= 4 is 0 Å². The Kier molecular flexibility index (Phi) is 5.55. The van der Waals surface area contributed by atoms with Crippen LogP contribution in [-0.2, 0) is 17.9 Å². The molecule has 0 aliphatic heterocycles. The third kappa shape index (κ3) is 4.03. The molecule has 3 unspecified atom stereocenters. The van der Waals surface area contributed by atoms with Crippen molar-refractivity contribution < 1.29 is 4.74 Å². The Morgan fingerprint density at radius 2 is 2.15 bits per heavy atom. The number of nitrogens with two attached hydrogens (primary N) is 1. The van der Waals surface area contributed by atoms with E-state index < -0.39 is 0 Å². The van der Waals surface area contributed by atoms with Gasteiger partial charge in [-0.2, -0.15) is 0 Å². The highest BCUT2D eigenvalue weighted by atomic mass is 16.5. The first-order valence-electron chi connectivity index (χ1n) is 7.85. The molecule has 1 aliphatic carbocycles. The Balaban J connectivity index is 1.92. The van der Waals surface area contributed by atoms with E-state index in [0.717, 1.165) is 17.2 Å². The maximum absolute atomic E-state index is 6.19. The Labute approximate surface area is 122 Å². The van der Waals surface area contributed by atoms with Gasteiger partial charge in [0.15, 0.2) is 0 Å². The van der Waals surface area contributed by atoms with E-state index in [-0.39, 0.29) is 0 Å². The van der Waals surface area contributed by atoms with Crippen molar-refractivity contribution in [2.45, 2.75) is 59.3 Å². The summed E-state index contributed by atoms with van der Waals surface area (Å²) in [7, 11) is 0. The molecule has 1 aliphatic rings. The minimum Gasteiger partial charge on any atom is -0.372 e. The monoisotopic (exact) mass is 276 g/mol. The first-order valence-corrected chi connectivity index (χ1v) is 7.85. The summed E-state index contributed by atoms with van der Waals surface area (Å²) >= 11 is 0. The van der Waals surface area contributed by atoms with Gasteiger partial charge in [-0.25, -0.2) is 0 Å². The van der Waals surface area contributed by atoms with Gasteiger partial charge < -0.3 is 10.5 Å². The van der Waals surface area contributed by atoms with Crippen molar-refractivity contribution in [2.24, 2.45) is 23.5 Å². The van der Waals surface area contributed by atoms with Crippen LogP contribution in [0.3, 0.4) is 0 Å². The van der Waals surface area contributed by atoms with Crippen molar-refractivity contribution in [2.75, 3.05) is 0 Å². The SMILES string of the molecule is CC1CCC(C(C)C)C(OCc2ccc(CN)cn2)C1. The van der Waals surface area contributed by atoms with Crippen LogP contribution in [0.25, 0.3) is 0 Å². The molecule has 1 aromatic heterocycles. The first-order chi connectivity index (χ1) is 9.60. The first kappa shape index (κ1) is 15.5. The summed E-state index contributed by atoms with van der Waals surface area (Å²) in [5.41, 5.74) is 7.66. The van der Waals surface area contributed by atoms with Gasteiger partial charge in [-0.1, -0.05) is 33.3 Å². The standard InChI is InChI=1S/C17H28N2O/c1-12(2)16-7-4-13(3)8-17(16)20-11-15-6-5-14(9-18)10-19-15/h5-6,10,12-13,16-17H,4,7-9,11,18H2,1-3H3. The summed E-state index contributed by atoms with van der Waals surface area (Å²) in [5.74, 6) is 2.16. The molecule has 3 heteroatoms. The molecule has 1 fully saturated rings. The lowest BCUT2D eigenvalue weighted by Gasteiger charge is -2.37. The number of rotatable bonds is 5. The van der Waals surface area contributed by atoms with Crippen LogP contribution in [0.15, 0.2) is 18.3 Å². The average Bonchev–Trinajstić information content (AvgIpc) is 2.45. The second-order valence-electron chi connectivity index (χ2n) is 6.54. The molecule has 2 rings (SSSR count). The molecule has 1 heterocycles. The van der Waals surface area contributed by atoms with Crippen LogP contribution in [0.5, 0.6) is 0 Å². The molecule has 20 heavy (non-hydrogen) atoms. The topological polar surface area (TPSA) is 48.1 Å². The minimum absolute atomic E-state index is 0.384. The summed E-state index contributed by atoms with van der Waals surface area (Å²) in [6, 6.07) is 4.06. The summed E-state index contributed by atoms with van der Waals surface area (Å²) in [5, 5.41) is 0. The van der Waals surface area contributed by atoms with Gasteiger partial charge in [-0.3, -0.25) is 4.98 Å². The predicted octanol–water partition coefficient (Wildman–Crippen LogP) is 3.52. The highest BCUT2D eigenvalue weighted by Gasteiger charge is 2.31. The number of hydrogen-bond donors (Lipinski definition) is 1. The molecule has 0 aromatic carbocycles. The van der Waals surface area contributed by atoms with Gasteiger partial charge in [-0.05, 0) is 42.2 Å². The van der Waals surface area contributed by atoms with Crippen LogP contribution < -0.4 is 5.73 Å². The highest BCUT2D eigenvalue weighted by molar-refractivity contribution is 5.13. The van der Waals surface area contributed by atoms with Crippen molar-refractivity contribution in [3.63, 3.8) is 0 Å². The van der Waals surface area contributed by atoms with Gasteiger partial charge in [0, 0.05) is 12.7 Å². The second-order valence-corrected chi connectivity index (χ2v) is 6.54. The van der Waals surface area contributed by atoms with Gasteiger partial charge in [0.25, 0.3) is 0 Å². The third-order valence-corrected chi connectivity index (χ3v) is 4.53. The largest absolute Gasteiger partial charge is 0.372 e. The summed E-state index contributed by atoms with van der Waals surface area (Å²) < 4.78 is 6.19. The van der Waals surface area contributed by atoms with Crippen molar-refractivity contribution in [3.05, 3.63) is 29.6 Å². The third-order valence-electron chi connectivity index (χ3n) is 4.53. The van der Waals surface area contributed by atoms with Crippen LogP contribution in [0.2, 0.25) is 0 Å². The van der Waals surface area contributed by atoms with E-state index in [2.05, 4.69) is 25.8 Å². The lowest BCUT2D eigenvalue weighted by molar-refractivity contribution is -0.0483. The molecular weight excluding hydrogens is 248 g/mol. The molecule has 0 radical (unpaired) electrons. The quantitative estimate of drug-likeness (QED) is 0.895. The van der Waals surface area contributed by atoms with E-state index in [1.807, 2.05) is 18.3 Å². The van der Waals surface area contributed by atoms with E-state index in [9.17, 15) is 0 Å². The molecule has 112 valence electrons. The molecule has 3 atom stereocenters. The summed E-state index contributed by atoms with van der Waals surface area (Å²) in [6.07, 6.45) is 6.05. The average molecular weight is 276 g/mol. The zero-order chi connectivity index (χ0) is 14.5. The fourth-order valence-corrected chi connectivity index (χ4v) is 3.16. The van der Waals surface area contributed by atoms with E-state index in [1.165, 1.54) is 19.3 Å². The van der Waals surface area contributed by atoms with Gasteiger partial charge >= 0.3 is 0 Å². The fourth-order valence-electron chi connectivity index (χ4n) is 3.16. The van der Waals surface area contributed by atoms with Crippen molar-refractivity contribution in [1.29, 1.82) is 0 Å². The van der Waals surface area contributed by atoms with Crippen LogP contribution >= 0.6 is 0 Å². The zero-order valence-corrected chi connectivity index (χ0v) is 13.0. The lowest BCUT2D eigenvalue weighted by atomic mass is 9.75. The molecule has 3 nitrogen and oxygen atoms in total. The molecule has 0 spiro atoms. The van der Waals surface area contributed by atoms with Crippen LogP contribution in [0.1, 0.15) is 51.3 Å². The van der Waals surface area contributed by atoms with Crippen molar-refractivity contribution in [1.82, 2.24) is 4.98 Å². The van der Waals surface area contributed by atoms with Gasteiger partial charge in [0.05, 0.1) is 18.4 Å². The van der Waals surface area contributed by atoms with Gasteiger partial charge in [0.2, 0.25) is 0 Å². The molecular formula is C17H28N2O. The molecule has 2 N–H and O–H groups in total. The lowest BCUT2D eigenvalue weighted by Crippen LogP contribution is -2.34. The number of aromatic nitrogens is 1. The van der Waals surface area contributed by atoms with E-state index >= 15 is 0 Å². The minimum atomic E-state index is 0.384. The molecule has 0 saturated heterocycles. The van der Waals surface area contributed by atoms with Crippen LogP contribution in [0.4, 0.5) is 0 Å². The highest BCUT2D eigenvalue weighted by Crippen LogP contribution is 2.35. The van der Waals surface area contributed by atoms with E-state index in [1.54, 1.807) is 0 Å². The maximum Gasteiger partial charge on any atom is 0.0891 e. The molecule has 0 bridgehead atoms. The van der Waals surface area contributed by atoms with Gasteiger partial charge in [0.1, 0.15) is 0 Å². The molecule has 1 saturated carbocycles. The number of pyridine rings is 1. The van der Waals surface area contributed by atoms with Gasteiger partial charge in [-0.15, -0.1) is 0 Å². The molecule has 1 aromatic rings. The predicted molar refractivity (Wildman–Crippen MR) is 82.0 cm³/mol. The summed E-state index contributed by atoms with van der Waals surface area (Å²) in [6.45, 7) is 8.12. The smallest absolute Gasteiger partial charge is 0.0891 e. The Hall–Kier alpha value is -0.930. The van der Waals surface area contributed by atoms with Crippen LogP contribution in [-0.4, -0.2) is 11.1 Å². The van der Waals surface area contributed by atoms with E-state index in [4.69, 9.17) is 10.5 Å². The Morgan fingerprint density at radius 3 is 2.75 bits per heavy atom. The number of hydrogen-bond acceptors (Lipinski definition) is 3. The summed E-state index contributed by atoms with van der Waals surface area (Å²) in [4.78, 5) is 4.42. The number of nitrogens with zero attached hydrogens (tertiary/aromatic N) is 1. The normalized spacial score (nSPS) is 26.9. The van der Waals surface area contributed by atoms with Crippen molar-refractivity contribution in [3.8, 4) is 0 Å². The number of ether oxygens (including phenoxy) is 1. The van der Waals surface area contributed by atoms with Crippen LogP contribution in [0, 0.1) is 17.8 Å².